The van der Waals surface area contributed by atoms with Crippen LogP contribution in [0.2, 0.25) is 0 Å². The fraction of sp³-hybridized carbons (Fsp3) is 0.600. The minimum atomic E-state index is -3.78. The van der Waals surface area contributed by atoms with Gasteiger partial charge < -0.3 is 10.6 Å². The second kappa shape index (κ2) is 6.66. The monoisotopic (exact) mass is 313 g/mol. The summed E-state index contributed by atoms with van der Waals surface area (Å²) in [5.74, 6) is 0.921. The van der Waals surface area contributed by atoms with E-state index >= 15 is 0 Å². The van der Waals surface area contributed by atoms with E-state index in [-0.39, 0.29) is 4.90 Å². The molecule has 6 heteroatoms. The molecule has 4 N–H and O–H groups in total. The topological polar surface area (TPSA) is 89.4 Å². The Morgan fingerprint density at radius 2 is 1.57 bits per heavy atom. The second-order valence-corrected chi connectivity index (χ2v) is 7.93. The van der Waals surface area contributed by atoms with Crippen molar-refractivity contribution in [3.05, 3.63) is 17.7 Å². The van der Waals surface area contributed by atoms with Crippen molar-refractivity contribution in [2.24, 2.45) is 17.0 Å². The first-order chi connectivity index (χ1) is 9.52. The highest BCUT2D eigenvalue weighted by Crippen LogP contribution is 2.30. The Kier molecular flexibility index (Phi) is 5.64. The van der Waals surface area contributed by atoms with Crippen LogP contribution in [-0.4, -0.2) is 21.5 Å². The zero-order valence-electron chi connectivity index (χ0n) is 13.6. The third kappa shape index (κ3) is 4.89. The summed E-state index contributed by atoms with van der Waals surface area (Å²) in [5, 5.41) is 5.30. The molecule has 0 fully saturated rings. The highest BCUT2D eigenvalue weighted by atomic mass is 32.2. The van der Waals surface area contributed by atoms with Crippen molar-refractivity contribution in [3.8, 4) is 0 Å². The van der Waals surface area contributed by atoms with E-state index in [4.69, 9.17) is 10.9 Å². The standard InChI is InChI=1S/C15H27N3O2S/c1-10(2)8-18(9-11(3)4)14-6-13(16)7-15(12(14)5)21(17,19)20/h6-7,10-11H,8-9,16H2,1-5H3,(H2,17,19,20). The predicted molar refractivity (Wildman–Crippen MR) is 88.9 cm³/mol. The van der Waals surface area contributed by atoms with Crippen LogP contribution in [0.3, 0.4) is 0 Å². The Morgan fingerprint density at radius 1 is 1.10 bits per heavy atom. The van der Waals surface area contributed by atoms with E-state index in [1.807, 2.05) is 6.07 Å². The molecule has 0 unspecified atom stereocenters. The minimum absolute atomic E-state index is 0.106. The maximum absolute atomic E-state index is 11.7. The molecule has 0 aliphatic heterocycles. The van der Waals surface area contributed by atoms with Crippen LogP contribution in [0.25, 0.3) is 0 Å². The highest BCUT2D eigenvalue weighted by molar-refractivity contribution is 7.89. The van der Waals surface area contributed by atoms with Gasteiger partial charge in [0.2, 0.25) is 10.0 Å². The molecule has 0 amide bonds. The molecule has 1 aromatic rings. The Hall–Kier alpha value is -1.27. The maximum Gasteiger partial charge on any atom is 0.238 e. The van der Waals surface area contributed by atoms with Gasteiger partial charge in [0.15, 0.2) is 0 Å². The smallest absolute Gasteiger partial charge is 0.238 e. The van der Waals surface area contributed by atoms with Gasteiger partial charge in [0.05, 0.1) is 4.90 Å². The van der Waals surface area contributed by atoms with Crippen LogP contribution in [0.1, 0.15) is 33.3 Å². The molecule has 0 aliphatic carbocycles. The van der Waals surface area contributed by atoms with Crippen molar-refractivity contribution >= 4 is 21.4 Å². The molecule has 120 valence electrons. The van der Waals surface area contributed by atoms with E-state index in [1.165, 1.54) is 6.07 Å². The number of hydrogen-bond acceptors (Lipinski definition) is 4. The van der Waals surface area contributed by atoms with Crippen molar-refractivity contribution < 1.29 is 8.42 Å². The average molecular weight is 313 g/mol. The molecule has 0 radical (unpaired) electrons. The van der Waals surface area contributed by atoms with Gasteiger partial charge in [0.25, 0.3) is 0 Å². The Labute approximate surface area is 128 Å². The number of primary sulfonamides is 1. The van der Waals surface area contributed by atoms with Crippen LogP contribution in [0.5, 0.6) is 0 Å². The Bertz CT molecular complexity index is 585. The molecule has 1 rings (SSSR count). The van der Waals surface area contributed by atoms with Crippen LogP contribution < -0.4 is 15.8 Å². The van der Waals surface area contributed by atoms with E-state index in [2.05, 4.69) is 32.6 Å². The Balaban J connectivity index is 3.40. The van der Waals surface area contributed by atoms with Gasteiger partial charge in [0, 0.05) is 24.5 Å². The molecule has 0 saturated carbocycles. The molecule has 0 saturated heterocycles. The zero-order valence-corrected chi connectivity index (χ0v) is 14.4. The van der Waals surface area contributed by atoms with Gasteiger partial charge in [-0.3, -0.25) is 0 Å². The van der Waals surface area contributed by atoms with Crippen molar-refractivity contribution in [2.45, 2.75) is 39.5 Å². The molecule has 21 heavy (non-hydrogen) atoms. The maximum atomic E-state index is 11.7. The van der Waals surface area contributed by atoms with E-state index in [0.717, 1.165) is 18.8 Å². The normalized spacial score (nSPS) is 12.2. The summed E-state index contributed by atoms with van der Waals surface area (Å²) in [6.07, 6.45) is 0. The van der Waals surface area contributed by atoms with Crippen molar-refractivity contribution in [2.75, 3.05) is 23.7 Å². The van der Waals surface area contributed by atoms with E-state index in [9.17, 15) is 8.42 Å². The quantitative estimate of drug-likeness (QED) is 0.789. The number of hydrogen-bond donors (Lipinski definition) is 2. The van der Waals surface area contributed by atoms with Crippen molar-refractivity contribution in [1.29, 1.82) is 0 Å². The lowest BCUT2D eigenvalue weighted by Crippen LogP contribution is -2.32. The van der Waals surface area contributed by atoms with Gasteiger partial charge in [-0.25, -0.2) is 13.6 Å². The lowest BCUT2D eigenvalue weighted by atomic mass is 10.1. The summed E-state index contributed by atoms with van der Waals surface area (Å²) in [6, 6.07) is 3.26. The van der Waals surface area contributed by atoms with Crippen LogP contribution in [0.15, 0.2) is 17.0 Å². The lowest BCUT2D eigenvalue weighted by molar-refractivity contribution is 0.551. The number of nitrogens with zero attached hydrogens (tertiary/aromatic N) is 1. The third-order valence-corrected chi connectivity index (χ3v) is 4.21. The SMILES string of the molecule is Cc1c(N(CC(C)C)CC(C)C)cc(N)cc1S(N)(=O)=O. The molecule has 0 atom stereocenters. The number of anilines is 2. The summed E-state index contributed by atoms with van der Waals surface area (Å²) in [7, 11) is -3.78. The fourth-order valence-electron chi connectivity index (χ4n) is 2.47. The second-order valence-electron chi connectivity index (χ2n) is 6.40. The van der Waals surface area contributed by atoms with Gasteiger partial charge in [-0.15, -0.1) is 0 Å². The molecule has 1 aromatic carbocycles. The van der Waals surface area contributed by atoms with Gasteiger partial charge in [-0.1, -0.05) is 27.7 Å². The van der Waals surface area contributed by atoms with Gasteiger partial charge in [-0.05, 0) is 36.5 Å². The number of rotatable bonds is 6. The molecule has 0 bridgehead atoms. The summed E-state index contributed by atoms with van der Waals surface area (Å²) < 4.78 is 23.5. The van der Waals surface area contributed by atoms with E-state index in [1.54, 1.807) is 6.92 Å². The first-order valence-electron chi connectivity index (χ1n) is 7.20. The predicted octanol–water partition coefficient (Wildman–Crippen LogP) is 2.34. The molecular formula is C15H27N3O2S. The number of sulfonamides is 1. The van der Waals surface area contributed by atoms with Crippen LogP contribution >= 0.6 is 0 Å². The molecule has 0 spiro atoms. The lowest BCUT2D eigenvalue weighted by Gasteiger charge is -2.30. The number of nitrogens with two attached hydrogens (primary N) is 2. The van der Waals surface area contributed by atoms with E-state index in [0.29, 0.717) is 23.1 Å². The third-order valence-electron chi connectivity index (χ3n) is 3.17. The van der Waals surface area contributed by atoms with Crippen molar-refractivity contribution in [1.82, 2.24) is 0 Å². The molecule has 0 aliphatic rings. The molecule has 0 aromatic heterocycles. The minimum Gasteiger partial charge on any atom is -0.399 e. The van der Waals surface area contributed by atoms with E-state index < -0.39 is 10.0 Å². The number of benzene rings is 1. The van der Waals surface area contributed by atoms with Crippen LogP contribution in [-0.2, 0) is 10.0 Å². The first kappa shape index (κ1) is 17.8. The average Bonchev–Trinajstić information content (AvgIpc) is 2.28. The summed E-state index contributed by atoms with van der Waals surface area (Å²) in [6.45, 7) is 12.0. The largest absolute Gasteiger partial charge is 0.399 e. The van der Waals surface area contributed by atoms with Crippen molar-refractivity contribution in [3.63, 3.8) is 0 Å². The Morgan fingerprint density at radius 3 is 1.95 bits per heavy atom. The van der Waals surface area contributed by atoms with Crippen LogP contribution in [0, 0.1) is 18.8 Å². The first-order valence-corrected chi connectivity index (χ1v) is 8.74. The molecular weight excluding hydrogens is 286 g/mol. The van der Waals surface area contributed by atoms with Gasteiger partial charge in [0.1, 0.15) is 0 Å². The van der Waals surface area contributed by atoms with Gasteiger partial charge >= 0.3 is 0 Å². The molecule has 5 nitrogen and oxygen atoms in total. The molecule has 0 heterocycles. The zero-order chi connectivity index (χ0) is 16.4. The summed E-state index contributed by atoms with van der Waals surface area (Å²) >= 11 is 0. The highest BCUT2D eigenvalue weighted by Gasteiger charge is 2.20. The number of nitrogen functional groups attached to an aromatic ring is 1. The summed E-state index contributed by atoms with van der Waals surface area (Å²) in [5.41, 5.74) is 7.80. The summed E-state index contributed by atoms with van der Waals surface area (Å²) in [4.78, 5) is 2.30. The van der Waals surface area contributed by atoms with Crippen LogP contribution in [0.4, 0.5) is 11.4 Å². The fourth-order valence-corrected chi connectivity index (χ4v) is 3.30. The van der Waals surface area contributed by atoms with Gasteiger partial charge in [-0.2, -0.15) is 0 Å².